The summed E-state index contributed by atoms with van der Waals surface area (Å²) in [5.41, 5.74) is 1.06. The number of aromatic nitrogens is 1. The van der Waals surface area contributed by atoms with Gasteiger partial charge in [0.15, 0.2) is 5.96 Å². The zero-order valence-corrected chi connectivity index (χ0v) is 18.2. The van der Waals surface area contributed by atoms with E-state index in [4.69, 9.17) is 9.73 Å². The largest absolute Gasteiger partial charge is 0.375 e. The molecule has 0 spiro atoms. The lowest BCUT2D eigenvalue weighted by atomic mass is 10.3. The zero-order valence-electron chi connectivity index (χ0n) is 17.4. The number of aliphatic imine (C=N–C) groups is 1. The molecule has 1 N–H and O–H groups in total. The van der Waals surface area contributed by atoms with Crippen molar-refractivity contribution in [1.82, 2.24) is 20.1 Å². The molecule has 0 aliphatic carbocycles. The topological polar surface area (TPSA) is 53.0 Å². The third kappa shape index (κ3) is 8.01. The fraction of sp³-hybridized carbons (Fsp3) is 0.789. The summed E-state index contributed by atoms with van der Waals surface area (Å²) >= 11 is 1.65. The second-order valence-corrected chi connectivity index (χ2v) is 7.27. The van der Waals surface area contributed by atoms with Gasteiger partial charge in [-0.2, -0.15) is 0 Å². The molecular weight excluding hydrogens is 346 g/mol. The highest BCUT2D eigenvalue weighted by Gasteiger charge is 2.12. The summed E-state index contributed by atoms with van der Waals surface area (Å²) in [6, 6.07) is 0. The van der Waals surface area contributed by atoms with Crippen LogP contribution in [-0.4, -0.2) is 67.6 Å². The van der Waals surface area contributed by atoms with Crippen LogP contribution < -0.4 is 5.32 Å². The predicted octanol–water partition coefficient (Wildman–Crippen LogP) is 3.37. The molecule has 0 saturated heterocycles. The number of thiazole rings is 1. The average Bonchev–Trinajstić information content (AvgIpc) is 3.11. The maximum Gasteiger partial charge on any atom is 0.194 e. The molecule has 0 saturated carbocycles. The lowest BCUT2D eigenvalue weighted by Gasteiger charge is -2.21. The number of methoxy groups -OCH3 is 1. The molecule has 6 nitrogen and oxygen atoms in total. The van der Waals surface area contributed by atoms with Gasteiger partial charge in [0.1, 0.15) is 11.1 Å². The summed E-state index contributed by atoms with van der Waals surface area (Å²) in [5.74, 6) is 0.949. The van der Waals surface area contributed by atoms with Crippen molar-refractivity contribution in [1.29, 1.82) is 0 Å². The molecular formula is C19H37N5OS. The molecule has 7 heteroatoms. The first-order chi connectivity index (χ1) is 12.5. The van der Waals surface area contributed by atoms with Gasteiger partial charge in [0.05, 0.1) is 12.2 Å². The number of nitrogens with zero attached hydrogens (tertiary/aromatic N) is 4. The minimum Gasteiger partial charge on any atom is -0.375 e. The molecule has 1 rings (SSSR count). The van der Waals surface area contributed by atoms with Crippen molar-refractivity contribution in [2.45, 2.75) is 53.2 Å². The van der Waals surface area contributed by atoms with Gasteiger partial charge in [-0.3, -0.25) is 4.99 Å². The lowest BCUT2D eigenvalue weighted by Crippen LogP contribution is -2.38. The maximum absolute atomic E-state index is 5.34. The molecule has 26 heavy (non-hydrogen) atoms. The minimum absolute atomic E-state index is 0.0479. The number of unbranched alkanes of at least 4 members (excludes halogenated alkanes) is 1. The summed E-state index contributed by atoms with van der Waals surface area (Å²) in [4.78, 5) is 14.1. The summed E-state index contributed by atoms with van der Waals surface area (Å²) in [6.07, 6.45) is 2.36. The fourth-order valence-electron chi connectivity index (χ4n) is 2.64. The Bertz CT molecular complexity index is 516. The summed E-state index contributed by atoms with van der Waals surface area (Å²) in [5, 5.41) is 6.51. The quantitative estimate of drug-likeness (QED) is 0.341. The number of ether oxygens (including phenoxy) is 1. The van der Waals surface area contributed by atoms with Crippen LogP contribution in [0.15, 0.2) is 10.4 Å². The number of hydrogen-bond donors (Lipinski definition) is 1. The molecule has 1 heterocycles. The molecule has 150 valence electrons. The Balaban J connectivity index is 2.52. The van der Waals surface area contributed by atoms with Crippen molar-refractivity contribution in [2.75, 3.05) is 46.9 Å². The van der Waals surface area contributed by atoms with E-state index in [1.54, 1.807) is 18.4 Å². The highest BCUT2D eigenvalue weighted by Crippen LogP contribution is 2.20. The third-order valence-electron chi connectivity index (χ3n) is 4.40. The molecule has 0 fully saturated rings. The third-order valence-corrected chi connectivity index (χ3v) is 5.46. The number of hydrogen-bond acceptors (Lipinski definition) is 5. The molecule has 1 unspecified atom stereocenters. The van der Waals surface area contributed by atoms with Crippen molar-refractivity contribution in [3.05, 3.63) is 16.1 Å². The Morgan fingerprint density at radius 3 is 2.65 bits per heavy atom. The van der Waals surface area contributed by atoms with E-state index in [-0.39, 0.29) is 6.10 Å². The van der Waals surface area contributed by atoms with E-state index in [9.17, 15) is 0 Å². The lowest BCUT2D eigenvalue weighted by molar-refractivity contribution is 0.119. The van der Waals surface area contributed by atoms with Crippen LogP contribution in [-0.2, 0) is 11.3 Å². The molecule has 0 amide bonds. The number of guanidine groups is 1. The SMILES string of the molecule is CCNC(=NCCCCN(CC)CC)N(C)Cc1csc(C(C)OC)n1. The van der Waals surface area contributed by atoms with Crippen molar-refractivity contribution in [2.24, 2.45) is 4.99 Å². The number of rotatable bonds is 12. The highest BCUT2D eigenvalue weighted by atomic mass is 32.1. The standard InChI is InChI=1S/C19H37N5OS/c1-7-20-19(21-12-10-11-13-24(8-2)9-3)23(5)14-17-15-26-18(22-17)16(4)25-6/h15-16H,7-14H2,1-6H3,(H,20,21). The molecule has 1 atom stereocenters. The van der Waals surface area contributed by atoms with Crippen molar-refractivity contribution >= 4 is 17.3 Å². The Kier molecular flexibility index (Phi) is 11.5. The van der Waals surface area contributed by atoms with Crippen LogP contribution in [0.5, 0.6) is 0 Å². The van der Waals surface area contributed by atoms with E-state index in [1.165, 1.54) is 6.42 Å². The van der Waals surface area contributed by atoms with Crippen LogP contribution in [0.2, 0.25) is 0 Å². The molecule has 0 radical (unpaired) electrons. The molecule has 0 aliphatic heterocycles. The Hall–Kier alpha value is -1.18. The Labute approximate surface area is 163 Å². The van der Waals surface area contributed by atoms with Crippen molar-refractivity contribution in [3.63, 3.8) is 0 Å². The van der Waals surface area contributed by atoms with Crippen molar-refractivity contribution in [3.8, 4) is 0 Å². The summed E-state index contributed by atoms with van der Waals surface area (Å²) in [6.45, 7) is 14.5. The second-order valence-electron chi connectivity index (χ2n) is 6.38. The smallest absolute Gasteiger partial charge is 0.194 e. The van der Waals surface area contributed by atoms with Gasteiger partial charge in [-0.15, -0.1) is 11.3 Å². The summed E-state index contributed by atoms with van der Waals surface area (Å²) in [7, 11) is 3.78. The van der Waals surface area contributed by atoms with Gasteiger partial charge in [0, 0.05) is 32.6 Å². The molecule has 1 aromatic rings. The van der Waals surface area contributed by atoms with Crippen LogP contribution in [0, 0.1) is 0 Å². The monoisotopic (exact) mass is 383 g/mol. The predicted molar refractivity (Wildman–Crippen MR) is 112 cm³/mol. The minimum atomic E-state index is 0.0479. The first kappa shape index (κ1) is 22.9. The summed E-state index contributed by atoms with van der Waals surface area (Å²) < 4.78 is 5.34. The first-order valence-corrected chi connectivity index (χ1v) is 10.6. The van der Waals surface area contributed by atoms with Gasteiger partial charge in [-0.05, 0) is 46.3 Å². The van der Waals surface area contributed by atoms with Crippen LogP contribution in [0.1, 0.15) is 57.3 Å². The zero-order chi connectivity index (χ0) is 19.4. The maximum atomic E-state index is 5.34. The fourth-order valence-corrected chi connectivity index (χ4v) is 3.48. The average molecular weight is 384 g/mol. The van der Waals surface area contributed by atoms with Crippen LogP contribution in [0.4, 0.5) is 0 Å². The first-order valence-electron chi connectivity index (χ1n) is 9.74. The molecule has 0 aliphatic rings. The van der Waals surface area contributed by atoms with E-state index >= 15 is 0 Å². The number of nitrogens with one attached hydrogen (secondary N) is 1. The van der Waals surface area contributed by atoms with Crippen LogP contribution in [0.25, 0.3) is 0 Å². The second kappa shape index (κ2) is 13.1. The van der Waals surface area contributed by atoms with E-state index in [1.807, 2.05) is 6.92 Å². The van der Waals surface area contributed by atoms with Crippen molar-refractivity contribution < 1.29 is 4.74 Å². The normalized spacial score (nSPS) is 13.3. The Morgan fingerprint density at radius 2 is 2.04 bits per heavy atom. The van der Waals surface area contributed by atoms with E-state index < -0.39 is 0 Å². The van der Waals surface area contributed by atoms with Crippen LogP contribution in [0.3, 0.4) is 0 Å². The van der Waals surface area contributed by atoms with E-state index in [0.29, 0.717) is 0 Å². The van der Waals surface area contributed by atoms with E-state index in [0.717, 1.165) is 62.4 Å². The molecule has 0 bridgehead atoms. The van der Waals surface area contributed by atoms with Gasteiger partial charge in [0.25, 0.3) is 0 Å². The van der Waals surface area contributed by atoms with Gasteiger partial charge >= 0.3 is 0 Å². The van der Waals surface area contributed by atoms with Crippen LogP contribution >= 0.6 is 11.3 Å². The molecule has 0 aromatic carbocycles. The van der Waals surface area contributed by atoms with E-state index in [2.05, 4.69) is 53.3 Å². The van der Waals surface area contributed by atoms with Gasteiger partial charge in [-0.1, -0.05) is 13.8 Å². The van der Waals surface area contributed by atoms with Gasteiger partial charge in [0.2, 0.25) is 0 Å². The molecule has 1 aromatic heterocycles. The highest BCUT2D eigenvalue weighted by molar-refractivity contribution is 7.09. The van der Waals surface area contributed by atoms with Gasteiger partial charge < -0.3 is 19.9 Å². The Morgan fingerprint density at radius 1 is 1.31 bits per heavy atom. The van der Waals surface area contributed by atoms with Gasteiger partial charge in [-0.25, -0.2) is 4.98 Å².